The molecule has 0 saturated heterocycles. The van der Waals surface area contributed by atoms with Crippen LogP contribution in [0.5, 0.6) is 0 Å². The first-order chi connectivity index (χ1) is 8.48. The number of aliphatic hydroxyl groups excluding tert-OH is 1. The van der Waals surface area contributed by atoms with Gasteiger partial charge in [-0.1, -0.05) is 106 Å². The van der Waals surface area contributed by atoms with Crippen LogP contribution in [0.3, 0.4) is 0 Å². The highest BCUT2D eigenvalue weighted by Gasteiger charge is 2.29. The van der Waals surface area contributed by atoms with Crippen molar-refractivity contribution in [1.29, 1.82) is 0 Å². The fourth-order valence-electron chi connectivity index (χ4n) is 1.99. The van der Waals surface area contributed by atoms with Gasteiger partial charge in [-0.25, -0.2) is 0 Å². The fraction of sp³-hybridized carbons (Fsp3) is 1.00. The molecule has 0 radical (unpaired) electrons. The second-order valence-corrected chi connectivity index (χ2v) is 7.40. The van der Waals surface area contributed by atoms with Gasteiger partial charge in [0.25, 0.3) is 0 Å². The van der Waals surface area contributed by atoms with E-state index in [2.05, 4.69) is 6.92 Å². The van der Waals surface area contributed by atoms with Gasteiger partial charge in [0.05, 0.1) is 0 Å². The molecular formula is C14H27Cl3O. The van der Waals surface area contributed by atoms with Gasteiger partial charge in [0, 0.05) is 0 Å². The monoisotopic (exact) mass is 316 g/mol. The van der Waals surface area contributed by atoms with E-state index in [0.29, 0.717) is 6.42 Å². The van der Waals surface area contributed by atoms with Crippen molar-refractivity contribution in [3.05, 3.63) is 0 Å². The van der Waals surface area contributed by atoms with Crippen molar-refractivity contribution >= 4 is 34.8 Å². The molecular weight excluding hydrogens is 291 g/mol. The second kappa shape index (κ2) is 11.6. The molecule has 0 rings (SSSR count). The van der Waals surface area contributed by atoms with E-state index in [1.54, 1.807) is 0 Å². The molecule has 0 aromatic heterocycles. The Morgan fingerprint density at radius 2 is 1.17 bits per heavy atom. The number of rotatable bonds is 11. The standard InChI is InChI=1S/C14H27Cl3O/c1-2-3-4-5-6-7-8-9-10-11-12-13(18)14(15,16)17/h13,18H,2-12H2,1H3. The van der Waals surface area contributed by atoms with E-state index in [1.165, 1.54) is 51.4 Å². The summed E-state index contributed by atoms with van der Waals surface area (Å²) in [6, 6.07) is 0. The Bertz CT molecular complexity index is 180. The molecule has 0 aromatic rings. The number of alkyl halides is 3. The van der Waals surface area contributed by atoms with Crippen molar-refractivity contribution in [3.8, 4) is 0 Å². The molecule has 0 heterocycles. The first kappa shape index (κ1) is 18.8. The lowest BCUT2D eigenvalue weighted by atomic mass is 10.0. The SMILES string of the molecule is CCCCCCCCCCCCC(O)C(Cl)(Cl)Cl. The van der Waals surface area contributed by atoms with Gasteiger partial charge >= 0.3 is 0 Å². The summed E-state index contributed by atoms with van der Waals surface area (Å²) < 4.78 is -1.53. The molecule has 1 atom stereocenters. The van der Waals surface area contributed by atoms with Gasteiger partial charge in [0.2, 0.25) is 3.79 Å². The molecule has 0 aliphatic carbocycles. The third-order valence-electron chi connectivity index (χ3n) is 3.21. The summed E-state index contributed by atoms with van der Waals surface area (Å²) in [5.41, 5.74) is 0. The minimum absolute atomic E-state index is 0.576. The van der Waals surface area contributed by atoms with Crippen LogP contribution in [0.15, 0.2) is 0 Å². The molecule has 0 aliphatic heterocycles. The van der Waals surface area contributed by atoms with Crippen molar-refractivity contribution in [2.75, 3.05) is 0 Å². The predicted molar refractivity (Wildman–Crippen MR) is 82.8 cm³/mol. The number of unbranched alkanes of at least 4 members (excludes halogenated alkanes) is 9. The Kier molecular flexibility index (Phi) is 12.2. The molecule has 4 heteroatoms. The molecule has 0 spiro atoms. The highest BCUT2D eigenvalue weighted by atomic mass is 35.6. The predicted octanol–water partition coefficient (Wildman–Crippen LogP) is 6.03. The van der Waals surface area contributed by atoms with E-state index in [1.807, 2.05) is 0 Å². The number of halogens is 3. The molecule has 1 N–H and O–H groups in total. The Morgan fingerprint density at radius 3 is 1.56 bits per heavy atom. The molecule has 0 amide bonds. The van der Waals surface area contributed by atoms with Crippen LogP contribution in [-0.4, -0.2) is 15.0 Å². The van der Waals surface area contributed by atoms with Gasteiger partial charge in [0.15, 0.2) is 0 Å². The second-order valence-electron chi connectivity index (χ2n) is 5.03. The number of aliphatic hydroxyl groups is 1. The van der Waals surface area contributed by atoms with Crippen LogP contribution in [0.2, 0.25) is 0 Å². The number of hydrogen-bond donors (Lipinski definition) is 1. The zero-order chi connectivity index (χ0) is 13.9. The van der Waals surface area contributed by atoms with E-state index in [-0.39, 0.29) is 0 Å². The highest BCUT2D eigenvalue weighted by Crippen LogP contribution is 2.32. The lowest BCUT2D eigenvalue weighted by molar-refractivity contribution is 0.164. The summed E-state index contributed by atoms with van der Waals surface area (Å²) >= 11 is 16.8. The van der Waals surface area contributed by atoms with Crippen molar-refractivity contribution in [3.63, 3.8) is 0 Å². The van der Waals surface area contributed by atoms with Crippen LogP contribution in [0, 0.1) is 0 Å². The molecule has 18 heavy (non-hydrogen) atoms. The summed E-state index contributed by atoms with van der Waals surface area (Å²) in [5, 5.41) is 9.51. The van der Waals surface area contributed by atoms with E-state index >= 15 is 0 Å². The quantitative estimate of drug-likeness (QED) is 0.364. The maximum Gasteiger partial charge on any atom is 0.216 e. The number of hydrogen-bond acceptors (Lipinski definition) is 1. The average Bonchev–Trinajstić information content (AvgIpc) is 2.30. The Labute approximate surface area is 127 Å². The smallest absolute Gasteiger partial charge is 0.216 e. The fourth-order valence-corrected chi connectivity index (χ4v) is 2.32. The van der Waals surface area contributed by atoms with Gasteiger partial charge in [-0.15, -0.1) is 0 Å². The molecule has 0 saturated carbocycles. The molecule has 110 valence electrons. The summed E-state index contributed by atoms with van der Waals surface area (Å²) in [4.78, 5) is 0. The van der Waals surface area contributed by atoms with Crippen molar-refractivity contribution in [2.24, 2.45) is 0 Å². The van der Waals surface area contributed by atoms with Gasteiger partial charge < -0.3 is 5.11 Å². The van der Waals surface area contributed by atoms with Gasteiger partial charge in [0.1, 0.15) is 6.10 Å². The molecule has 1 unspecified atom stereocenters. The van der Waals surface area contributed by atoms with Crippen LogP contribution in [0.1, 0.15) is 77.6 Å². The normalized spacial score (nSPS) is 13.8. The molecule has 0 aliphatic rings. The summed E-state index contributed by atoms with van der Waals surface area (Å²) in [6.07, 6.45) is 12.4. The van der Waals surface area contributed by atoms with Crippen molar-refractivity contribution in [2.45, 2.75) is 87.4 Å². The minimum atomic E-state index is -1.53. The van der Waals surface area contributed by atoms with Crippen LogP contribution >= 0.6 is 34.8 Å². The van der Waals surface area contributed by atoms with E-state index in [9.17, 15) is 5.11 Å². The van der Waals surface area contributed by atoms with Crippen LogP contribution < -0.4 is 0 Å². The first-order valence-corrected chi connectivity index (χ1v) is 8.36. The molecule has 0 aromatic carbocycles. The minimum Gasteiger partial charge on any atom is -0.389 e. The van der Waals surface area contributed by atoms with E-state index < -0.39 is 9.90 Å². The lowest BCUT2D eigenvalue weighted by Crippen LogP contribution is -2.24. The van der Waals surface area contributed by atoms with Crippen LogP contribution in [0.4, 0.5) is 0 Å². The van der Waals surface area contributed by atoms with E-state index in [4.69, 9.17) is 34.8 Å². The summed E-state index contributed by atoms with van der Waals surface area (Å²) in [5.74, 6) is 0. The Hall–Kier alpha value is 0.830. The Morgan fingerprint density at radius 1 is 0.778 bits per heavy atom. The van der Waals surface area contributed by atoms with Gasteiger partial charge in [-0.05, 0) is 6.42 Å². The summed E-state index contributed by atoms with van der Waals surface area (Å²) in [6.45, 7) is 2.24. The molecule has 1 nitrogen and oxygen atoms in total. The maximum atomic E-state index is 9.51. The van der Waals surface area contributed by atoms with Crippen LogP contribution in [0.25, 0.3) is 0 Å². The zero-order valence-electron chi connectivity index (χ0n) is 11.4. The summed E-state index contributed by atoms with van der Waals surface area (Å²) in [7, 11) is 0. The lowest BCUT2D eigenvalue weighted by Gasteiger charge is -2.18. The third kappa shape index (κ3) is 11.9. The largest absolute Gasteiger partial charge is 0.389 e. The molecule has 0 fully saturated rings. The highest BCUT2D eigenvalue weighted by molar-refractivity contribution is 6.68. The Balaban J connectivity index is 3.17. The average molecular weight is 318 g/mol. The van der Waals surface area contributed by atoms with Crippen molar-refractivity contribution < 1.29 is 5.11 Å². The van der Waals surface area contributed by atoms with Crippen LogP contribution in [-0.2, 0) is 0 Å². The molecule has 0 bridgehead atoms. The zero-order valence-corrected chi connectivity index (χ0v) is 13.7. The third-order valence-corrected chi connectivity index (χ3v) is 3.96. The maximum absolute atomic E-state index is 9.51. The van der Waals surface area contributed by atoms with Gasteiger partial charge in [-0.3, -0.25) is 0 Å². The van der Waals surface area contributed by atoms with Crippen molar-refractivity contribution in [1.82, 2.24) is 0 Å². The first-order valence-electron chi connectivity index (χ1n) is 7.23. The van der Waals surface area contributed by atoms with E-state index in [0.717, 1.165) is 12.8 Å². The van der Waals surface area contributed by atoms with Gasteiger partial charge in [-0.2, -0.15) is 0 Å². The topological polar surface area (TPSA) is 20.2 Å².